The number of benzene rings is 1. The van der Waals surface area contributed by atoms with Gasteiger partial charge in [-0.15, -0.1) is 0 Å². The highest BCUT2D eigenvalue weighted by molar-refractivity contribution is 7.90. The van der Waals surface area contributed by atoms with Crippen LogP contribution in [0, 0.1) is 5.92 Å². The minimum Gasteiger partial charge on any atom is -0.310 e. The summed E-state index contributed by atoms with van der Waals surface area (Å²) in [7, 11) is -0.927. The van der Waals surface area contributed by atoms with Crippen molar-refractivity contribution in [1.82, 2.24) is 10.2 Å². The average molecular weight is 310 g/mol. The topological polar surface area (TPSA) is 49.4 Å². The van der Waals surface area contributed by atoms with Crippen molar-refractivity contribution in [2.45, 2.75) is 30.7 Å². The fraction of sp³-hybridized carbons (Fsp3) is 0.625. The van der Waals surface area contributed by atoms with Crippen molar-refractivity contribution < 1.29 is 8.42 Å². The van der Waals surface area contributed by atoms with Crippen LogP contribution in [0.4, 0.5) is 0 Å². The number of nitrogens with zero attached hydrogens (tertiary/aromatic N) is 1. The first-order valence-electron chi connectivity index (χ1n) is 7.58. The van der Waals surface area contributed by atoms with Crippen LogP contribution in [0.1, 0.15) is 31.4 Å². The fourth-order valence-corrected chi connectivity index (χ4v) is 3.54. The number of hydrogen-bond donors (Lipinski definition) is 1. The van der Waals surface area contributed by atoms with Gasteiger partial charge in [0, 0.05) is 18.8 Å². The summed E-state index contributed by atoms with van der Waals surface area (Å²) in [4.78, 5) is 2.77. The summed E-state index contributed by atoms with van der Waals surface area (Å²) in [5.41, 5.74) is 1.13. The molecule has 21 heavy (non-hydrogen) atoms. The smallest absolute Gasteiger partial charge is 0.175 e. The molecule has 2 atom stereocenters. The van der Waals surface area contributed by atoms with E-state index in [0.29, 0.717) is 10.8 Å². The Morgan fingerprint density at radius 2 is 2.00 bits per heavy atom. The van der Waals surface area contributed by atoms with Gasteiger partial charge in [-0.2, -0.15) is 0 Å². The normalized spacial score (nSPS) is 22.1. The first kappa shape index (κ1) is 16.5. The first-order valence-corrected chi connectivity index (χ1v) is 9.47. The van der Waals surface area contributed by atoms with Crippen LogP contribution >= 0.6 is 0 Å². The maximum absolute atomic E-state index is 11.5. The average Bonchev–Trinajstić information content (AvgIpc) is 2.44. The standard InChI is InChI=1S/C16H26N2O2S/c1-13(17-11-14-5-4-10-18(2)12-14)15-6-8-16(9-7-15)21(3,19)20/h6-9,13-14,17H,4-5,10-12H2,1-3H3. The van der Waals surface area contributed by atoms with E-state index in [1.165, 1.54) is 25.6 Å². The molecule has 0 aromatic heterocycles. The van der Waals surface area contributed by atoms with Crippen LogP contribution in [0.25, 0.3) is 0 Å². The zero-order valence-corrected chi connectivity index (χ0v) is 14.0. The molecule has 4 nitrogen and oxygen atoms in total. The number of hydrogen-bond acceptors (Lipinski definition) is 4. The van der Waals surface area contributed by atoms with Gasteiger partial charge >= 0.3 is 0 Å². The number of likely N-dealkylation sites (tertiary alicyclic amines) is 1. The molecule has 1 saturated heterocycles. The molecule has 1 aliphatic heterocycles. The fourth-order valence-electron chi connectivity index (χ4n) is 2.90. The van der Waals surface area contributed by atoms with Crippen LogP contribution in [0.2, 0.25) is 0 Å². The zero-order valence-electron chi connectivity index (χ0n) is 13.2. The molecule has 2 rings (SSSR count). The lowest BCUT2D eigenvalue weighted by Crippen LogP contribution is -2.37. The molecule has 0 aliphatic carbocycles. The van der Waals surface area contributed by atoms with E-state index in [4.69, 9.17) is 0 Å². The summed E-state index contributed by atoms with van der Waals surface area (Å²) in [6.07, 6.45) is 3.81. The third-order valence-electron chi connectivity index (χ3n) is 4.24. The molecule has 2 unspecified atom stereocenters. The number of rotatable bonds is 5. The molecule has 1 N–H and O–H groups in total. The van der Waals surface area contributed by atoms with Gasteiger partial charge in [-0.25, -0.2) is 8.42 Å². The van der Waals surface area contributed by atoms with E-state index in [-0.39, 0.29) is 6.04 Å². The van der Waals surface area contributed by atoms with E-state index >= 15 is 0 Å². The van der Waals surface area contributed by atoms with Gasteiger partial charge in [0.15, 0.2) is 9.84 Å². The van der Waals surface area contributed by atoms with E-state index in [2.05, 4.69) is 24.2 Å². The van der Waals surface area contributed by atoms with E-state index in [1.807, 2.05) is 12.1 Å². The third kappa shape index (κ3) is 4.80. The second-order valence-electron chi connectivity index (χ2n) is 6.24. The van der Waals surface area contributed by atoms with Gasteiger partial charge in [0.25, 0.3) is 0 Å². The summed E-state index contributed by atoms with van der Waals surface area (Å²) in [5, 5.41) is 3.57. The lowest BCUT2D eigenvalue weighted by Gasteiger charge is -2.30. The molecule has 0 amide bonds. The van der Waals surface area contributed by atoms with E-state index in [1.54, 1.807) is 12.1 Å². The minimum absolute atomic E-state index is 0.242. The van der Waals surface area contributed by atoms with Crippen molar-refractivity contribution in [3.8, 4) is 0 Å². The monoisotopic (exact) mass is 310 g/mol. The van der Waals surface area contributed by atoms with Gasteiger partial charge < -0.3 is 10.2 Å². The molecular formula is C16H26N2O2S. The SMILES string of the molecule is CC(NCC1CCCN(C)C1)c1ccc(S(C)(=O)=O)cc1. The van der Waals surface area contributed by atoms with E-state index < -0.39 is 9.84 Å². The van der Waals surface area contributed by atoms with Crippen molar-refractivity contribution in [2.75, 3.05) is 32.9 Å². The highest BCUT2D eigenvalue weighted by atomic mass is 32.2. The Bertz CT molecular complexity index is 554. The molecule has 0 radical (unpaired) electrons. The summed E-state index contributed by atoms with van der Waals surface area (Å²) < 4.78 is 22.9. The summed E-state index contributed by atoms with van der Waals surface area (Å²) in [6, 6.07) is 7.43. The quantitative estimate of drug-likeness (QED) is 0.905. The Morgan fingerprint density at radius 1 is 1.33 bits per heavy atom. The molecule has 118 valence electrons. The zero-order chi connectivity index (χ0) is 15.5. The van der Waals surface area contributed by atoms with Gasteiger partial charge in [0.1, 0.15) is 0 Å². The lowest BCUT2D eigenvalue weighted by molar-refractivity contribution is 0.203. The molecule has 1 heterocycles. The summed E-state index contributed by atoms with van der Waals surface area (Å²) in [6.45, 7) is 5.51. The van der Waals surface area contributed by atoms with Crippen LogP contribution in [-0.2, 0) is 9.84 Å². The maximum atomic E-state index is 11.5. The Hall–Kier alpha value is -0.910. The minimum atomic E-state index is -3.11. The van der Waals surface area contributed by atoms with Crippen molar-refractivity contribution in [1.29, 1.82) is 0 Å². The largest absolute Gasteiger partial charge is 0.310 e. The van der Waals surface area contributed by atoms with Gasteiger partial charge in [0.2, 0.25) is 0 Å². The molecule has 1 fully saturated rings. The van der Waals surface area contributed by atoms with Crippen LogP contribution in [-0.4, -0.2) is 46.3 Å². The predicted octanol–water partition coefficient (Wildman–Crippen LogP) is 2.08. The Balaban J connectivity index is 1.89. The third-order valence-corrected chi connectivity index (χ3v) is 5.37. The first-order chi connectivity index (χ1) is 9.86. The van der Waals surface area contributed by atoms with Crippen molar-refractivity contribution in [2.24, 2.45) is 5.92 Å². The lowest BCUT2D eigenvalue weighted by atomic mass is 9.98. The van der Waals surface area contributed by atoms with Crippen LogP contribution in [0.15, 0.2) is 29.2 Å². The van der Waals surface area contributed by atoms with Gasteiger partial charge in [-0.1, -0.05) is 12.1 Å². The van der Waals surface area contributed by atoms with Crippen LogP contribution < -0.4 is 5.32 Å². The van der Waals surface area contributed by atoms with Crippen molar-refractivity contribution >= 4 is 9.84 Å². The second-order valence-corrected chi connectivity index (χ2v) is 8.26. The highest BCUT2D eigenvalue weighted by Gasteiger charge is 2.18. The van der Waals surface area contributed by atoms with Gasteiger partial charge in [0.05, 0.1) is 4.90 Å². The van der Waals surface area contributed by atoms with Gasteiger partial charge in [-0.05, 0) is 63.5 Å². The molecule has 1 aliphatic rings. The van der Waals surface area contributed by atoms with Crippen molar-refractivity contribution in [3.05, 3.63) is 29.8 Å². The van der Waals surface area contributed by atoms with E-state index in [9.17, 15) is 8.42 Å². The summed E-state index contributed by atoms with van der Waals surface area (Å²) >= 11 is 0. The maximum Gasteiger partial charge on any atom is 0.175 e. The molecular weight excluding hydrogens is 284 g/mol. The second kappa shape index (κ2) is 6.90. The summed E-state index contributed by atoms with van der Waals surface area (Å²) in [5.74, 6) is 0.710. The Morgan fingerprint density at radius 3 is 2.57 bits per heavy atom. The Kier molecular flexibility index (Phi) is 5.41. The van der Waals surface area contributed by atoms with Crippen LogP contribution in [0.5, 0.6) is 0 Å². The molecule has 0 bridgehead atoms. The van der Waals surface area contributed by atoms with Crippen LogP contribution in [0.3, 0.4) is 0 Å². The van der Waals surface area contributed by atoms with E-state index in [0.717, 1.165) is 18.7 Å². The van der Waals surface area contributed by atoms with Gasteiger partial charge in [-0.3, -0.25) is 0 Å². The predicted molar refractivity (Wildman–Crippen MR) is 86.2 cm³/mol. The highest BCUT2D eigenvalue weighted by Crippen LogP contribution is 2.18. The Labute approximate surface area is 128 Å². The molecule has 0 saturated carbocycles. The number of nitrogens with one attached hydrogen (secondary N) is 1. The number of sulfone groups is 1. The van der Waals surface area contributed by atoms with Crippen molar-refractivity contribution in [3.63, 3.8) is 0 Å². The molecule has 1 aromatic rings. The molecule has 5 heteroatoms. The molecule has 1 aromatic carbocycles. The number of piperidine rings is 1. The molecule has 0 spiro atoms.